The van der Waals surface area contributed by atoms with Gasteiger partial charge in [-0.3, -0.25) is 9.78 Å². The third kappa shape index (κ3) is 5.79. The first-order valence-electron chi connectivity index (χ1n) is 10.8. The highest BCUT2D eigenvalue weighted by Gasteiger charge is 2.27. The first-order valence-corrected chi connectivity index (χ1v) is 11.7. The third-order valence-electron chi connectivity index (χ3n) is 4.91. The van der Waals surface area contributed by atoms with Crippen LogP contribution in [0.4, 0.5) is 11.4 Å². The van der Waals surface area contributed by atoms with Crippen LogP contribution in [0.5, 0.6) is 0 Å². The number of rotatable bonds is 9. The van der Waals surface area contributed by atoms with E-state index in [1.807, 2.05) is 41.8 Å². The highest BCUT2D eigenvalue weighted by Crippen LogP contribution is 2.30. The molecule has 0 atom stereocenters. The van der Waals surface area contributed by atoms with Gasteiger partial charge in [0, 0.05) is 12.7 Å². The molecule has 0 saturated heterocycles. The number of hydrogen-bond donors (Lipinski definition) is 1. The molecule has 9 nitrogen and oxygen atoms in total. The van der Waals surface area contributed by atoms with E-state index in [1.54, 1.807) is 31.3 Å². The van der Waals surface area contributed by atoms with Crippen molar-refractivity contribution < 1.29 is 19.1 Å². The molecule has 0 bridgehead atoms. The molecule has 1 aromatic carbocycles. The van der Waals surface area contributed by atoms with Gasteiger partial charge in [-0.1, -0.05) is 36.4 Å². The van der Waals surface area contributed by atoms with Gasteiger partial charge < -0.3 is 14.8 Å². The Morgan fingerprint density at radius 1 is 1.06 bits per heavy atom. The number of ether oxygens (including phenoxy) is 2. The molecule has 0 spiro atoms. The average molecular weight is 491 g/mol. The van der Waals surface area contributed by atoms with Gasteiger partial charge in [-0.2, -0.15) is 5.10 Å². The van der Waals surface area contributed by atoms with Crippen LogP contribution in [0.2, 0.25) is 0 Å². The van der Waals surface area contributed by atoms with E-state index in [0.29, 0.717) is 17.1 Å². The summed E-state index contributed by atoms with van der Waals surface area (Å²) in [6, 6.07) is 16.2. The van der Waals surface area contributed by atoms with E-state index in [1.165, 1.54) is 22.2 Å². The van der Waals surface area contributed by atoms with Crippen LogP contribution in [0, 0.1) is 0 Å². The van der Waals surface area contributed by atoms with Gasteiger partial charge >= 0.3 is 11.9 Å². The minimum absolute atomic E-state index is 0.0131. The zero-order valence-corrected chi connectivity index (χ0v) is 19.7. The number of hydrogen-bond acceptors (Lipinski definition) is 9. The van der Waals surface area contributed by atoms with Gasteiger partial charge in [0.05, 0.1) is 16.8 Å². The summed E-state index contributed by atoms with van der Waals surface area (Å²) in [5.41, 5.74) is 1.00. The second kappa shape index (κ2) is 11.2. The normalized spacial score (nSPS) is 10.5. The Morgan fingerprint density at radius 3 is 2.57 bits per heavy atom. The van der Waals surface area contributed by atoms with Crippen LogP contribution in [-0.4, -0.2) is 33.3 Å². The Balaban J connectivity index is 1.63. The predicted molar refractivity (Wildman–Crippen MR) is 132 cm³/mol. The molecule has 4 aromatic rings. The summed E-state index contributed by atoms with van der Waals surface area (Å²) >= 11 is 1.36. The van der Waals surface area contributed by atoms with Crippen LogP contribution in [0.3, 0.4) is 0 Å². The lowest BCUT2D eigenvalue weighted by Gasteiger charge is -2.16. The molecule has 10 heteroatoms. The molecule has 0 aliphatic carbocycles. The second-order valence-corrected chi connectivity index (χ2v) is 8.23. The number of aryl methyl sites for hydroxylation is 1. The molecule has 0 fully saturated rings. The number of anilines is 2. The molecule has 0 radical (unpaired) electrons. The summed E-state index contributed by atoms with van der Waals surface area (Å²) in [5.74, 6) is -1.58. The summed E-state index contributed by atoms with van der Waals surface area (Å²) in [4.78, 5) is 43.3. The molecule has 1 N–H and O–H groups in total. The van der Waals surface area contributed by atoms with E-state index in [4.69, 9.17) is 9.47 Å². The highest BCUT2D eigenvalue weighted by molar-refractivity contribution is 7.13. The molecular formula is C25H22N4O5S. The average Bonchev–Trinajstić information content (AvgIpc) is 3.43. The highest BCUT2D eigenvalue weighted by atomic mass is 32.1. The molecule has 35 heavy (non-hydrogen) atoms. The fraction of sp³-hybridized carbons (Fsp3) is 0.160. The Bertz CT molecular complexity index is 1360. The van der Waals surface area contributed by atoms with E-state index in [2.05, 4.69) is 15.4 Å². The Kier molecular flexibility index (Phi) is 7.63. The topological polar surface area (TPSA) is 112 Å². The number of esters is 2. The minimum Gasteiger partial charge on any atom is -0.458 e. The number of aromatic nitrogens is 3. The van der Waals surface area contributed by atoms with Crippen LogP contribution < -0.4 is 10.9 Å². The number of carbonyl (C=O) groups excluding carboxylic acids is 2. The van der Waals surface area contributed by atoms with Gasteiger partial charge in [-0.05, 0) is 36.1 Å². The fourth-order valence-corrected chi connectivity index (χ4v) is 3.96. The van der Waals surface area contributed by atoms with Gasteiger partial charge in [-0.15, -0.1) is 11.3 Å². The van der Waals surface area contributed by atoms with Crippen LogP contribution in [-0.2, 0) is 27.4 Å². The SMILES string of the molecule is CCn1nc(-c2cccs2)c(C(=O)OCC(=O)OCc2ccccc2)c(Nc2cccnc2)c1=O. The number of benzene rings is 1. The van der Waals surface area contributed by atoms with Crippen LogP contribution in [0.1, 0.15) is 22.8 Å². The number of nitrogens with one attached hydrogen (secondary N) is 1. The van der Waals surface area contributed by atoms with Crippen molar-refractivity contribution >= 4 is 34.7 Å². The zero-order valence-electron chi connectivity index (χ0n) is 18.8. The van der Waals surface area contributed by atoms with E-state index >= 15 is 0 Å². The molecule has 178 valence electrons. The summed E-state index contributed by atoms with van der Waals surface area (Å²) in [5, 5.41) is 9.22. The third-order valence-corrected chi connectivity index (χ3v) is 5.79. The first kappa shape index (κ1) is 23.8. The Labute approximate surface area is 205 Å². The quantitative estimate of drug-likeness (QED) is 0.350. The van der Waals surface area contributed by atoms with Crippen molar-refractivity contribution in [3.63, 3.8) is 0 Å². The van der Waals surface area contributed by atoms with E-state index in [0.717, 1.165) is 5.56 Å². The van der Waals surface area contributed by atoms with Crippen LogP contribution in [0.25, 0.3) is 10.6 Å². The first-order chi connectivity index (χ1) is 17.1. The van der Waals surface area contributed by atoms with E-state index in [9.17, 15) is 14.4 Å². The summed E-state index contributed by atoms with van der Waals surface area (Å²) < 4.78 is 11.7. The van der Waals surface area contributed by atoms with E-state index in [-0.39, 0.29) is 23.6 Å². The van der Waals surface area contributed by atoms with Gasteiger partial charge in [0.1, 0.15) is 23.6 Å². The minimum atomic E-state index is -0.871. The Hall–Kier alpha value is -4.31. The van der Waals surface area contributed by atoms with Crippen molar-refractivity contribution in [3.05, 3.63) is 93.9 Å². The largest absolute Gasteiger partial charge is 0.458 e. The lowest BCUT2D eigenvalue weighted by atomic mass is 10.1. The molecule has 4 rings (SSSR count). The monoisotopic (exact) mass is 490 g/mol. The van der Waals surface area contributed by atoms with Crippen molar-refractivity contribution in [2.45, 2.75) is 20.1 Å². The molecule has 0 saturated carbocycles. The molecular weight excluding hydrogens is 468 g/mol. The second-order valence-electron chi connectivity index (χ2n) is 7.29. The number of pyridine rings is 1. The zero-order chi connectivity index (χ0) is 24.6. The van der Waals surface area contributed by atoms with Crippen molar-refractivity contribution in [2.75, 3.05) is 11.9 Å². The lowest BCUT2D eigenvalue weighted by Crippen LogP contribution is -2.29. The molecule has 0 aliphatic rings. The Morgan fingerprint density at radius 2 is 1.89 bits per heavy atom. The summed E-state index contributed by atoms with van der Waals surface area (Å²) in [6.45, 7) is 1.51. The smallest absolute Gasteiger partial charge is 0.344 e. The number of nitrogens with zero attached hydrogens (tertiary/aromatic N) is 3. The molecule has 3 heterocycles. The van der Waals surface area contributed by atoms with Gasteiger partial charge in [-0.25, -0.2) is 14.3 Å². The summed E-state index contributed by atoms with van der Waals surface area (Å²) in [6.07, 6.45) is 3.12. The van der Waals surface area contributed by atoms with Crippen molar-refractivity contribution in [1.29, 1.82) is 0 Å². The van der Waals surface area contributed by atoms with E-state index < -0.39 is 24.1 Å². The molecule has 0 unspecified atom stereocenters. The molecule has 3 aromatic heterocycles. The van der Waals surface area contributed by atoms with Crippen LogP contribution >= 0.6 is 11.3 Å². The molecule has 0 amide bonds. The maximum atomic E-state index is 13.2. The summed E-state index contributed by atoms with van der Waals surface area (Å²) in [7, 11) is 0. The number of carbonyl (C=O) groups is 2. The fourth-order valence-electron chi connectivity index (χ4n) is 3.24. The molecule has 0 aliphatic heterocycles. The maximum Gasteiger partial charge on any atom is 0.344 e. The van der Waals surface area contributed by atoms with Crippen molar-refractivity contribution in [2.24, 2.45) is 0 Å². The van der Waals surface area contributed by atoms with Crippen molar-refractivity contribution in [3.8, 4) is 10.6 Å². The van der Waals surface area contributed by atoms with Gasteiger partial charge in [0.2, 0.25) is 0 Å². The van der Waals surface area contributed by atoms with Crippen molar-refractivity contribution in [1.82, 2.24) is 14.8 Å². The maximum absolute atomic E-state index is 13.2. The predicted octanol–water partition coefficient (Wildman–Crippen LogP) is 4.03. The van der Waals surface area contributed by atoms with Gasteiger partial charge in [0.15, 0.2) is 6.61 Å². The number of thiophene rings is 1. The standard InChI is InChI=1S/C25H22N4O5S/c1-2-29-24(31)23(27-18-10-6-12-26-14-18)21(22(28-29)19-11-7-13-35-19)25(32)34-16-20(30)33-15-17-8-4-3-5-9-17/h3-14,27H,2,15-16H2,1H3. The van der Waals surface area contributed by atoms with Gasteiger partial charge in [0.25, 0.3) is 5.56 Å². The van der Waals surface area contributed by atoms with Crippen LogP contribution in [0.15, 0.2) is 77.2 Å². The lowest BCUT2D eigenvalue weighted by molar-refractivity contribution is -0.148.